The van der Waals surface area contributed by atoms with Gasteiger partial charge in [-0.05, 0) is 31.0 Å². The van der Waals surface area contributed by atoms with Gasteiger partial charge in [0.1, 0.15) is 0 Å². The van der Waals surface area contributed by atoms with Gasteiger partial charge in [-0.3, -0.25) is 9.59 Å². The lowest BCUT2D eigenvalue weighted by molar-refractivity contribution is -0.128. The molecule has 24 heavy (non-hydrogen) atoms. The topological polar surface area (TPSA) is 78.4 Å². The Kier molecular flexibility index (Phi) is 8.00. The molecule has 0 aliphatic heterocycles. The Morgan fingerprint density at radius 2 is 1.88 bits per heavy atom. The van der Waals surface area contributed by atoms with Crippen LogP contribution in [0.1, 0.15) is 51.5 Å². The molecule has 1 aromatic rings. The average molecular weight is 330 g/mol. The van der Waals surface area contributed by atoms with E-state index in [1.807, 2.05) is 13.8 Å². The smallest absolute Gasteiger partial charge is 0.243 e. The van der Waals surface area contributed by atoms with E-state index in [1.54, 1.807) is 24.3 Å². The highest BCUT2D eigenvalue weighted by Gasteiger charge is 2.28. The Balaban J connectivity index is 2.48. The van der Waals surface area contributed by atoms with Gasteiger partial charge in [0.2, 0.25) is 11.8 Å². The number of nitrogens with one attached hydrogen (secondary N) is 2. The maximum absolute atomic E-state index is 12.0. The number of aliphatic hydroxyl groups is 1. The van der Waals surface area contributed by atoms with Crippen LogP contribution in [0.25, 0.3) is 0 Å². The fraction of sp³-hybridized carbons (Fsp3) is 0.474. The molecule has 0 radical (unpaired) electrons. The summed E-state index contributed by atoms with van der Waals surface area (Å²) in [5.41, 5.74) is 0.254. The van der Waals surface area contributed by atoms with Crippen molar-refractivity contribution in [3.8, 4) is 12.3 Å². The van der Waals surface area contributed by atoms with E-state index >= 15 is 0 Å². The van der Waals surface area contributed by atoms with Crippen LogP contribution in [0, 0.1) is 12.3 Å². The van der Waals surface area contributed by atoms with E-state index in [1.165, 1.54) is 0 Å². The molecule has 2 amide bonds. The third kappa shape index (κ3) is 6.84. The molecule has 0 saturated heterocycles. The van der Waals surface area contributed by atoms with E-state index in [9.17, 15) is 14.7 Å². The van der Waals surface area contributed by atoms with Crippen molar-refractivity contribution < 1.29 is 14.7 Å². The summed E-state index contributed by atoms with van der Waals surface area (Å²) < 4.78 is 0. The SMILES string of the molecule is C#Cc1cccc(NC(=O)CNC(=O)CC(O)(CCC)CCC)c1. The van der Waals surface area contributed by atoms with Crippen LogP contribution in [0.5, 0.6) is 0 Å². The summed E-state index contributed by atoms with van der Waals surface area (Å²) >= 11 is 0. The Labute approximate surface area is 143 Å². The van der Waals surface area contributed by atoms with E-state index < -0.39 is 5.60 Å². The van der Waals surface area contributed by atoms with Crippen molar-refractivity contribution >= 4 is 17.5 Å². The zero-order valence-corrected chi connectivity index (χ0v) is 14.4. The minimum Gasteiger partial charge on any atom is -0.389 e. The van der Waals surface area contributed by atoms with Crippen LogP contribution in [0.3, 0.4) is 0 Å². The average Bonchev–Trinajstić information content (AvgIpc) is 2.53. The van der Waals surface area contributed by atoms with Gasteiger partial charge in [0.05, 0.1) is 18.6 Å². The maximum Gasteiger partial charge on any atom is 0.243 e. The fourth-order valence-corrected chi connectivity index (χ4v) is 2.66. The van der Waals surface area contributed by atoms with Gasteiger partial charge < -0.3 is 15.7 Å². The number of hydrogen-bond acceptors (Lipinski definition) is 3. The molecule has 0 spiro atoms. The first-order valence-corrected chi connectivity index (χ1v) is 8.28. The summed E-state index contributed by atoms with van der Waals surface area (Å²) in [7, 11) is 0. The Bertz CT molecular complexity index is 599. The second-order valence-corrected chi connectivity index (χ2v) is 5.95. The summed E-state index contributed by atoms with van der Waals surface area (Å²) in [4.78, 5) is 23.9. The second kappa shape index (κ2) is 9.74. The van der Waals surface area contributed by atoms with Crippen LogP contribution >= 0.6 is 0 Å². The van der Waals surface area contributed by atoms with Gasteiger partial charge in [0.25, 0.3) is 0 Å². The van der Waals surface area contributed by atoms with E-state index in [4.69, 9.17) is 6.42 Å². The molecular formula is C19H26N2O3. The van der Waals surface area contributed by atoms with Crippen molar-refractivity contribution in [2.75, 3.05) is 11.9 Å². The van der Waals surface area contributed by atoms with Crippen molar-refractivity contribution in [3.05, 3.63) is 29.8 Å². The number of rotatable bonds is 9. The Hall–Kier alpha value is -2.32. The van der Waals surface area contributed by atoms with E-state index in [0.717, 1.165) is 12.8 Å². The zero-order valence-electron chi connectivity index (χ0n) is 14.4. The predicted molar refractivity (Wildman–Crippen MR) is 95.4 cm³/mol. The standard InChI is InChI=1S/C19H26N2O3/c1-4-10-19(24,11-5-2)13-17(22)20-14-18(23)21-16-9-7-8-15(6-3)12-16/h3,7-9,12,24H,4-5,10-11,13-14H2,1-2H3,(H,20,22)(H,21,23). The van der Waals surface area contributed by atoms with Crippen LogP contribution < -0.4 is 10.6 Å². The molecular weight excluding hydrogens is 304 g/mol. The number of amides is 2. The predicted octanol–water partition coefficient (Wildman–Crippen LogP) is 2.44. The molecule has 0 atom stereocenters. The first-order valence-electron chi connectivity index (χ1n) is 8.28. The first kappa shape index (κ1) is 19.7. The highest BCUT2D eigenvalue weighted by Crippen LogP contribution is 2.23. The van der Waals surface area contributed by atoms with Gasteiger partial charge >= 0.3 is 0 Å². The van der Waals surface area contributed by atoms with Crippen molar-refractivity contribution in [1.82, 2.24) is 5.32 Å². The lowest BCUT2D eigenvalue weighted by Gasteiger charge is -2.26. The third-order valence-electron chi connectivity index (χ3n) is 3.68. The zero-order chi connectivity index (χ0) is 18.0. The van der Waals surface area contributed by atoms with Gasteiger partial charge in [-0.2, -0.15) is 0 Å². The largest absolute Gasteiger partial charge is 0.389 e. The number of carbonyl (C=O) groups is 2. The van der Waals surface area contributed by atoms with Crippen LogP contribution in [0.15, 0.2) is 24.3 Å². The molecule has 0 aliphatic carbocycles. The quantitative estimate of drug-likeness (QED) is 0.609. The van der Waals surface area contributed by atoms with Gasteiger partial charge in [0.15, 0.2) is 0 Å². The highest BCUT2D eigenvalue weighted by molar-refractivity contribution is 5.94. The van der Waals surface area contributed by atoms with E-state index in [0.29, 0.717) is 24.1 Å². The Morgan fingerprint density at radius 3 is 2.46 bits per heavy atom. The minimum atomic E-state index is -0.995. The molecule has 0 unspecified atom stereocenters. The molecule has 0 aliphatic rings. The molecule has 0 heterocycles. The van der Waals surface area contributed by atoms with Crippen molar-refractivity contribution in [1.29, 1.82) is 0 Å². The van der Waals surface area contributed by atoms with Gasteiger partial charge in [-0.25, -0.2) is 0 Å². The molecule has 0 fully saturated rings. The van der Waals surface area contributed by atoms with Crippen LogP contribution in [-0.4, -0.2) is 29.1 Å². The number of anilines is 1. The molecule has 1 aromatic carbocycles. The summed E-state index contributed by atoms with van der Waals surface area (Å²) in [6.07, 6.45) is 8.06. The molecule has 0 saturated carbocycles. The summed E-state index contributed by atoms with van der Waals surface area (Å²) in [5, 5.41) is 15.7. The van der Waals surface area contributed by atoms with Gasteiger partial charge in [-0.15, -0.1) is 6.42 Å². The van der Waals surface area contributed by atoms with E-state index in [-0.39, 0.29) is 24.8 Å². The molecule has 5 nitrogen and oxygen atoms in total. The normalized spacial score (nSPS) is 10.8. The molecule has 130 valence electrons. The lowest BCUT2D eigenvalue weighted by Crippen LogP contribution is -2.39. The second-order valence-electron chi connectivity index (χ2n) is 5.95. The van der Waals surface area contributed by atoms with Gasteiger partial charge in [-0.1, -0.05) is 38.7 Å². The van der Waals surface area contributed by atoms with Gasteiger partial charge in [0, 0.05) is 11.3 Å². The summed E-state index contributed by atoms with van der Waals surface area (Å²) in [5.74, 6) is 1.82. The molecule has 5 heteroatoms. The van der Waals surface area contributed by atoms with Crippen LogP contribution in [0.4, 0.5) is 5.69 Å². The van der Waals surface area contributed by atoms with E-state index in [2.05, 4.69) is 16.6 Å². The highest BCUT2D eigenvalue weighted by atomic mass is 16.3. The first-order chi connectivity index (χ1) is 11.4. The third-order valence-corrected chi connectivity index (χ3v) is 3.68. The number of benzene rings is 1. The summed E-state index contributed by atoms with van der Waals surface area (Å²) in [6, 6.07) is 6.92. The summed E-state index contributed by atoms with van der Waals surface area (Å²) in [6.45, 7) is 3.79. The fourth-order valence-electron chi connectivity index (χ4n) is 2.66. The minimum absolute atomic E-state index is 0.00847. The number of hydrogen-bond donors (Lipinski definition) is 3. The molecule has 0 aromatic heterocycles. The maximum atomic E-state index is 12.0. The lowest BCUT2D eigenvalue weighted by atomic mass is 9.89. The molecule has 3 N–H and O–H groups in total. The number of terminal acetylenes is 1. The monoisotopic (exact) mass is 330 g/mol. The molecule has 1 rings (SSSR count). The van der Waals surface area contributed by atoms with Crippen molar-refractivity contribution in [2.24, 2.45) is 0 Å². The van der Waals surface area contributed by atoms with Crippen LogP contribution in [-0.2, 0) is 9.59 Å². The number of carbonyl (C=O) groups excluding carboxylic acids is 2. The van der Waals surface area contributed by atoms with Crippen molar-refractivity contribution in [2.45, 2.75) is 51.6 Å². The molecule has 0 bridgehead atoms. The Morgan fingerprint density at radius 1 is 1.21 bits per heavy atom. The van der Waals surface area contributed by atoms with Crippen molar-refractivity contribution in [3.63, 3.8) is 0 Å². The van der Waals surface area contributed by atoms with Crippen LogP contribution in [0.2, 0.25) is 0 Å².